The monoisotopic (exact) mass is 609 g/mol. The van der Waals surface area contributed by atoms with Crippen molar-refractivity contribution in [3.05, 3.63) is 150 Å². The summed E-state index contributed by atoms with van der Waals surface area (Å²) in [6.07, 6.45) is 7.90. The minimum absolute atomic E-state index is 0.0457. The van der Waals surface area contributed by atoms with Crippen LogP contribution in [0.4, 0.5) is 17.1 Å². The summed E-state index contributed by atoms with van der Waals surface area (Å²) in [6, 6.07) is 42.5. The smallest absolute Gasteiger partial charge is 0.138 e. The van der Waals surface area contributed by atoms with E-state index in [1.807, 2.05) is 11.8 Å². The van der Waals surface area contributed by atoms with E-state index in [-0.39, 0.29) is 5.41 Å². The van der Waals surface area contributed by atoms with E-state index < -0.39 is 0 Å². The third-order valence-electron chi connectivity index (χ3n) is 10.3. The SMILES string of the molecule is CC1(C)c2ccccc2-c2cc(N(c3ccc4c(c3)C3=CC=CCC3S4)c3cc4oc5ccccc5c4c4ccccc34)ccc21. The lowest BCUT2D eigenvalue weighted by molar-refractivity contribution is 0.660. The van der Waals surface area contributed by atoms with Gasteiger partial charge in [-0.3, -0.25) is 0 Å². The van der Waals surface area contributed by atoms with Gasteiger partial charge in [0.25, 0.3) is 0 Å². The predicted octanol–water partition coefficient (Wildman–Crippen LogP) is 12.3. The highest BCUT2D eigenvalue weighted by atomic mass is 32.2. The summed E-state index contributed by atoms with van der Waals surface area (Å²) in [5, 5.41) is 5.23. The Kier molecular flexibility index (Phi) is 5.43. The van der Waals surface area contributed by atoms with Crippen molar-refractivity contribution < 1.29 is 4.42 Å². The highest BCUT2D eigenvalue weighted by Crippen LogP contribution is 2.53. The van der Waals surface area contributed by atoms with Gasteiger partial charge in [0, 0.05) is 49.2 Å². The first-order valence-corrected chi connectivity index (χ1v) is 17.0. The standard InChI is InChI=1S/C43H31NOS/c1-43(2)35-16-8-5-11-28(35)33-23-26(19-21-36(33)43)44(27-20-22-41-34(24-27)30-13-7-10-18-40(30)46-41)37-25-39-42(31-14-4-3-12-29(31)37)32-15-6-9-17-38(32)45-39/h3-17,19-25,40H,18H2,1-2H3. The highest BCUT2D eigenvalue weighted by Gasteiger charge is 2.36. The van der Waals surface area contributed by atoms with Crippen molar-refractivity contribution in [2.75, 3.05) is 4.90 Å². The lowest BCUT2D eigenvalue weighted by atomic mass is 9.82. The number of hydrogen-bond donors (Lipinski definition) is 0. The summed E-state index contributed by atoms with van der Waals surface area (Å²) >= 11 is 1.99. The molecule has 0 bridgehead atoms. The lowest BCUT2D eigenvalue weighted by Crippen LogP contribution is -2.15. The fourth-order valence-electron chi connectivity index (χ4n) is 8.15. The average Bonchev–Trinajstić information content (AvgIpc) is 3.73. The molecule has 0 radical (unpaired) electrons. The summed E-state index contributed by atoms with van der Waals surface area (Å²) < 4.78 is 6.57. The molecule has 0 amide bonds. The van der Waals surface area contributed by atoms with Crippen molar-refractivity contribution in [2.24, 2.45) is 0 Å². The minimum Gasteiger partial charge on any atom is -0.456 e. The van der Waals surface area contributed by atoms with Gasteiger partial charge in [-0.15, -0.1) is 11.8 Å². The molecular weight excluding hydrogens is 579 g/mol. The van der Waals surface area contributed by atoms with Crippen molar-refractivity contribution in [1.29, 1.82) is 0 Å². The van der Waals surface area contributed by atoms with Crippen LogP contribution >= 0.6 is 11.8 Å². The van der Waals surface area contributed by atoms with Crippen LogP contribution in [0.5, 0.6) is 0 Å². The summed E-state index contributed by atoms with van der Waals surface area (Å²) in [5.74, 6) is 0. The largest absolute Gasteiger partial charge is 0.456 e. The average molecular weight is 610 g/mol. The maximum Gasteiger partial charge on any atom is 0.138 e. The van der Waals surface area contributed by atoms with Crippen LogP contribution in [0.3, 0.4) is 0 Å². The molecule has 1 aliphatic heterocycles. The number of nitrogens with zero attached hydrogens (tertiary/aromatic N) is 1. The van der Waals surface area contributed by atoms with Crippen LogP contribution in [0.2, 0.25) is 0 Å². The molecule has 0 N–H and O–H groups in total. The molecule has 1 atom stereocenters. The van der Waals surface area contributed by atoms with Crippen LogP contribution in [-0.4, -0.2) is 5.25 Å². The molecular formula is C43H31NOS. The van der Waals surface area contributed by atoms with Gasteiger partial charge in [0.05, 0.1) is 5.69 Å². The van der Waals surface area contributed by atoms with E-state index in [4.69, 9.17) is 4.42 Å². The van der Waals surface area contributed by atoms with Crippen LogP contribution in [0.15, 0.2) is 143 Å². The van der Waals surface area contributed by atoms with Crippen molar-refractivity contribution >= 4 is 67.1 Å². The summed E-state index contributed by atoms with van der Waals surface area (Å²) in [4.78, 5) is 3.83. The molecule has 0 spiro atoms. The van der Waals surface area contributed by atoms with Crippen LogP contribution in [0, 0.1) is 0 Å². The van der Waals surface area contributed by atoms with Gasteiger partial charge in [0.15, 0.2) is 0 Å². The number of allylic oxidation sites excluding steroid dienone is 3. The quantitative estimate of drug-likeness (QED) is 0.198. The first kappa shape index (κ1) is 26.2. The van der Waals surface area contributed by atoms with Crippen molar-refractivity contribution in [2.45, 2.75) is 35.8 Å². The third-order valence-corrected chi connectivity index (χ3v) is 11.7. The Balaban J connectivity index is 1.27. The van der Waals surface area contributed by atoms with Gasteiger partial charge in [-0.05, 0) is 81.6 Å². The first-order valence-electron chi connectivity index (χ1n) is 16.1. The number of anilines is 3. The maximum atomic E-state index is 6.57. The molecule has 1 aromatic heterocycles. The Labute approximate surface area is 272 Å². The Morgan fingerprint density at radius 2 is 1.39 bits per heavy atom. The zero-order chi connectivity index (χ0) is 30.6. The molecule has 6 aromatic carbocycles. The molecule has 220 valence electrons. The number of hydrogen-bond acceptors (Lipinski definition) is 3. The normalized spacial score (nSPS) is 17.2. The Hall–Kier alpha value is -4.99. The molecule has 0 saturated heterocycles. The summed E-state index contributed by atoms with van der Waals surface area (Å²) in [6.45, 7) is 4.69. The number of rotatable bonds is 3. The van der Waals surface area contributed by atoms with Gasteiger partial charge >= 0.3 is 0 Å². The van der Waals surface area contributed by atoms with Crippen LogP contribution < -0.4 is 4.90 Å². The first-order chi connectivity index (χ1) is 22.6. The number of furan rings is 1. The van der Waals surface area contributed by atoms with Crippen LogP contribution in [0.1, 0.15) is 37.0 Å². The predicted molar refractivity (Wildman–Crippen MR) is 195 cm³/mol. The molecule has 0 fully saturated rings. The Morgan fingerprint density at radius 3 is 2.28 bits per heavy atom. The zero-order valence-electron chi connectivity index (χ0n) is 25.7. The molecule has 1 unspecified atom stereocenters. The van der Waals surface area contributed by atoms with E-state index in [0.29, 0.717) is 5.25 Å². The van der Waals surface area contributed by atoms with Gasteiger partial charge < -0.3 is 9.32 Å². The highest BCUT2D eigenvalue weighted by molar-refractivity contribution is 8.00. The molecule has 3 aliphatic rings. The van der Waals surface area contributed by atoms with E-state index in [0.717, 1.165) is 40.0 Å². The van der Waals surface area contributed by atoms with Gasteiger partial charge in [-0.1, -0.05) is 105 Å². The number of para-hydroxylation sites is 1. The van der Waals surface area contributed by atoms with E-state index >= 15 is 0 Å². The van der Waals surface area contributed by atoms with Crippen molar-refractivity contribution in [1.82, 2.24) is 0 Å². The van der Waals surface area contributed by atoms with E-state index in [9.17, 15) is 0 Å². The molecule has 2 aliphatic carbocycles. The topological polar surface area (TPSA) is 16.4 Å². The van der Waals surface area contributed by atoms with Crippen LogP contribution in [0.25, 0.3) is 49.4 Å². The zero-order valence-corrected chi connectivity index (χ0v) is 26.6. The summed E-state index contributed by atoms with van der Waals surface area (Å²) in [7, 11) is 0. The second-order valence-electron chi connectivity index (χ2n) is 13.2. The van der Waals surface area contributed by atoms with E-state index in [2.05, 4.69) is 152 Å². The fraction of sp³-hybridized carbons (Fsp3) is 0.116. The second kappa shape index (κ2) is 9.51. The number of thioether (sulfide) groups is 1. The molecule has 3 heteroatoms. The molecule has 2 heterocycles. The Morgan fingerprint density at radius 1 is 0.674 bits per heavy atom. The fourth-order valence-corrected chi connectivity index (χ4v) is 9.45. The van der Waals surface area contributed by atoms with Gasteiger partial charge in [0.2, 0.25) is 0 Å². The van der Waals surface area contributed by atoms with Crippen molar-refractivity contribution in [3.63, 3.8) is 0 Å². The maximum absolute atomic E-state index is 6.57. The second-order valence-corrected chi connectivity index (χ2v) is 14.5. The summed E-state index contributed by atoms with van der Waals surface area (Å²) in [5.41, 5.74) is 13.4. The number of fused-ring (bicyclic) bond motifs is 11. The molecule has 7 aromatic rings. The minimum atomic E-state index is -0.0457. The van der Waals surface area contributed by atoms with E-state index in [1.54, 1.807) is 0 Å². The van der Waals surface area contributed by atoms with Crippen molar-refractivity contribution in [3.8, 4) is 11.1 Å². The number of benzene rings is 6. The lowest BCUT2D eigenvalue weighted by Gasteiger charge is -2.29. The molecule has 0 saturated carbocycles. The van der Waals surface area contributed by atoms with Gasteiger partial charge in [-0.2, -0.15) is 0 Å². The van der Waals surface area contributed by atoms with Gasteiger partial charge in [-0.25, -0.2) is 0 Å². The third kappa shape index (κ3) is 3.61. The Bertz CT molecular complexity index is 2480. The van der Waals surface area contributed by atoms with E-state index in [1.165, 1.54) is 54.4 Å². The molecule has 46 heavy (non-hydrogen) atoms. The molecule has 2 nitrogen and oxygen atoms in total. The van der Waals surface area contributed by atoms with Crippen LogP contribution in [-0.2, 0) is 5.41 Å². The van der Waals surface area contributed by atoms with Gasteiger partial charge in [0.1, 0.15) is 11.2 Å². The molecule has 10 rings (SSSR count).